The molecule has 0 saturated carbocycles. The van der Waals surface area contributed by atoms with Crippen molar-refractivity contribution in [1.82, 2.24) is 0 Å². The van der Waals surface area contributed by atoms with Gasteiger partial charge in [-0.05, 0) is 61.1 Å². The molecule has 0 saturated heterocycles. The molecular weight excluding hydrogens is 488 g/mol. The van der Waals surface area contributed by atoms with Gasteiger partial charge in [-0.2, -0.15) is 0 Å². The maximum Gasteiger partial charge on any atom is 0.178 e. The number of hydrogen-bond donors (Lipinski definition) is 0. The standard InChI is InChI=1S/C38H50O2/c1-3-5-7-9-11-13-15-17-19-29-21-23-31-33-25-26-34-32-24-22-30(20-18-16-14-12-10-8-6-4-2)28-36(32)40-38(34)37(33)39-35(31)27-29/h21-28H,3-20H2,1-2H3. The van der Waals surface area contributed by atoms with E-state index < -0.39 is 0 Å². The molecule has 5 rings (SSSR count). The first-order valence-corrected chi connectivity index (χ1v) is 16.6. The molecule has 0 bridgehead atoms. The maximum absolute atomic E-state index is 6.48. The number of rotatable bonds is 18. The Balaban J connectivity index is 1.22. The van der Waals surface area contributed by atoms with E-state index in [1.54, 1.807) is 0 Å². The van der Waals surface area contributed by atoms with E-state index in [4.69, 9.17) is 8.83 Å². The van der Waals surface area contributed by atoms with E-state index in [1.165, 1.54) is 125 Å². The molecule has 5 aromatic rings. The lowest BCUT2D eigenvalue weighted by molar-refractivity contribution is 0.575. The average molecular weight is 539 g/mol. The summed E-state index contributed by atoms with van der Waals surface area (Å²) in [6.07, 6.45) is 23.9. The van der Waals surface area contributed by atoms with Crippen LogP contribution in [0.1, 0.15) is 128 Å². The van der Waals surface area contributed by atoms with Crippen molar-refractivity contribution >= 4 is 43.9 Å². The molecule has 0 spiro atoms. The van der Waals surface area contributed by atoms with Crippen molar-refractivity contribution in [2.45, 2.75) is 129 Å². The second-order valence-corrected chi connectivity index (χ2v) is 12.1. The molecule has 0 aliphatic carbocycles. The van der Waals surface area contributed by atoms with Crippen LogP contribution in [0.2, 0.25) is 0 Å². The van der Waals surface area contributed by atoms with Crippen LogP contribution in [0, 0.1) is 0 Å². The van der Waals surface area contributed by atoms with Gasteiger partial charge in [0.1, 0.15) is 11.2 Å². The van der Waals surface area contributed by atoms with Gasteiger partial charge in [0, 0.05) is 21.5 Å². The number of hydrogen-bond acceptors (Lipinski definition) is 2. The highest BCUT2D eigenvalue weighted by Gasteiger charge is 2.16. The van der Waals surface area contributed by atoms with E-state index in [2.05, 4.69) is 62.4 Å². The maximum atomic E-state index is 6.48. The predicted octanol–water partition coefficient (Wildman–Crippen LogP) is 12.9. The van der Waals surface area contributed by atoms with Gasteiger partial charge in [-0.3, -0.25) is 0 Å². The van der Waals surface area contributed by atoms with Crippen molar-refractivity contribution in [1.29, 1.82) is 0 Å². The summed E-state index contributed by atoms with van der Waals surface area (Å²) in [6.45, 7) is 4.57. The van der Waals surface area contributed by atoms with E-state index in [1.807, 2.05) is 0 Å². The fourth-order valence-electron chi connectivity index (χ4n) is 6.39. The van der Waals surface area contributed by atoms with Gasteiger partial charge in [-0.25, -0.2) is 0 Å². The zero-order valence-electron chi connectivity index (χ0n) is 25.2. The Labute approximate surface area is 241 Å². The second-order valence-electron chi connectivity index (χ2n) is 12.1. The first-order chi connectivity index (χ1) is 19.8. The van der Waals surface area contributed by atoms with Crippen molar-refractivity contribution in [3.05, 3.63) is 59.7 Å². The topological polar surface area (TPSA) is 26.3 Å². The van der Waals surface area contributed by atoms with E-state index in [9.17, 15) is 0 Å². The summed E-state index contributed by atoms with van der Waals surface area (Å²) in [5.41, 5.74) is 6.49. The Morgan fingerprint density at radius 2 is 0.750 bits per heavy atom. The molecule has 2 heteroatoms. The molecule has 0 atom stereocenters. The number of aryl methyl sites for hydroxylation is 2. The highest BCUT2D eigenvalue weighted by atomic mass is 16.4. The van der Waals surface area contributed by atoms with Crippen molar-refractivity contribution in [2.75, 3.05) is 0 Å². The monoisotopic (exact) mass is 538 g/mol. The van der Waals surface area contributed by atoms with E-state index in [-0.39, 0.29) is 0 Å². The van der Waals surface area contributed by atoms with Crippen LogP contribution in [0.4, 0.5) is 0 Å². The first kappa shape index (κ1) is 28.8. The van der Waals surface area contributed by atoms with Crippen LogP contribution in [-0.4, -0.2) is 0 Å². The molecule has 3 aromatic carbocycles. The van der Waals surface area contributed by atoms with Gasteiger partial charge in [0.15, 0.2) is 11.2 Å². The summed E-state index contributed by atoms with van der Waals surface area (Å²) >= 11 is 0. The van der Waals surface area contributed by atoms with Crippen LogP contribution in [0.15, 0.2) is 57.4 Å². The van der Waals surface area contributed by atoms with Crippen LogP contribution in [-0.2, 0) is 12.8 Å². The molecule has 0 aliphatic rings. The zero-order chi connectivity index (χ0) is 27.6. The summed E-state index contributed by atoms with van der Waals surface area (Å²) < 4.78 is 13.0. The molecule has 0 radical (unpaired) electrons. The molecule has 40 heavy (non-hydrogen) atoms. The molecule has 2 heterocycles. The molecule has 0 N–H and O–H groups in total. The fourth-order valence-corrected chi connectivity index (χ4v) is 6.39. The molecule has 0 amide bonds. The minimum atomic E-state index is 0.887. The van der Waals surface area contributed by atoms with Crippen molar-refractivity contribution < 1.29 is 8.83 Å². The van der Waals surface area contributed by atoms with Crippen LogP contribution in [0.3, 0.4) is 0 Å². The minimum Gasteiger partial charge on any atom is -0.452 e. The summed E-state index contributed by atoms with van der Waals surface area (Å²) in [7, 11) is 0. The van der Waals surface area contributed by atoms with Gasteiger partial charge in [0.2, 0.25) is 0 Å². The molecule has 2 aromatic heterocycles. The summed E-state index contributed by atoms with van der Waals surface area (Å²) in [6, 6.07) is 18.0. The lowest BCUT2D eigenvalue weighted by Gasteiger charge is -2.03. The zero-order valence-corrected chi connectivity index (χ0v) is 25.2. The Kier molecular flexibility index (Phi) is 10.6. The largest absolute Gasteiger partial charge is 0.452 e. The molecule has 0 fully saturated rings. The molecule has 0 aliphatic heterocycles. The van der Waals surface area contributed by atoms with Gasteiger partial charge in [-0.15, -0.1) is 0 Å². The van der Waals surface area contributed by atoms with Gasteiger partial charge in [0.05, 0.1) is 0 Å². The van der Waals surface area contributed by atoms with Gasteiger partial charge >= 0.3 is 0 Å². The normalized spacial score (nSPS) is 12.1. The Morgan fingerprint density at radius 3 is 1.15 bits per heavy atom. The summed E-state index contributed by atoms with van der Waals surface area (Å²) in [5, 5.41) is 4.68. The Hall–Kier alpha value is -2.74. The minimum absolute atomic E-state index is 0.887. The fraction of sp³-hybridized carbons (Fsp3) is 0.526. The Morgan fingerprint density at radius 1 is 0.400 bits per heavy atom. The summed E-state index contributed by atoms with van der Waals surface area (Å²) in [5.74, 6) is 0. The molecule has 214 valence electrons. The quantitative estimate of drug-likeness (QED) is 0.104. The van der Waals surface area contributed by atoms with Gasteiger partial charge in [0.25, 0.3) is 0 Å². The predicted molar refractivity (Wildman–Crippen MR) is 174 cm³/mol. The highest BCUT2D eigenvalue weighted by Crippen LogP contribution is 2.39. The highest BCUT2D eigenvalue weighted by molar-refractivity contribution is 6.18. The smallest absolute Gasteiger partial charge is 0.178 e. The number of furan rings is 2. The van der Waals surface area contributed by atoms with Crippen LogP contribution >= 0.6 is 0 Å². The van der Waals surface area contributed by atoms with Crippen molar-refractivity contribution in [3.63, 3.8) is 0 Å². The second kappa shape index (κ2) is 14.8. The van der Waals surface area contributed by atoms with Gasteiger partial charge < -0.3 is 8.83 Å². The average Bonchev–Trinajstić information content (AvgIpc) is 3.53. The van der Waals surface area contributed by atoms with E-state index >= 15 is 0 Å². The SMILES string of the molecule is CCCCCCCCCCc1ccc2c(c1)oc1c2ccc2c3ccc(CCCCCCCCCC)cc3oc21. The number of unbranched alkanes of at least 4 members (excludes halogenated alkanes) is 14. The molecule has 2 nitrogen and oxygen atoms in total. The lowest BCUT2D eigenvalue weighted by atomic mass is 10.0. The Bertz CT molecular complexity index is 1370. The third kappa shape index (κ3) is 7.12. The third-order valence-electron chi connectivity index (χ3n) is 8.85. The first-order valence-electron chi connectivity index (χ1n) is 16.6. The van der Waals surface area contributed by atoms with E-state index in [0.717, 1.165) is 45.9 Å². The van der Waals surface area contributed by atoms with Gasteiger partial charge in [-0.1, -0.05) is 128 Å². The molecule has 0 unspecified atom stereocenters. The van der Waals surface area contributed by atoms with E-state index in [0.29, 0.717) is 0 Å². The van der Waals surface area contributed by atoms with Crippen LogP contribution < -0.4 is 0 Å². The van der Waals surface area contributed by atoms with Crippen molar-refractivity contribution in [2.24, 2.45) is 0 Å². The molecular formula is C38H50O2. The number of benzene rings is 3. The lowest BCUT2D eigenvalue weighted by Crippen LogP contribution is -1.86. The summed E-state index contributed by atoms with van der Waals surface area (Å²) in [4.78, 5) is 0. The third-order valence-corrected chi connectivity index (χ3v) is 8.85. The van der Waals surface area contributed by atoms with Crippen LogP contribution in [0.5, 0.6) is 0 Å². The van der Waals surface area contributed by atoms with Crippen LogP contribution in [0.25, 0.3) is 43.9 Å². The van der Waals surface area contributed by atoms with Crippen molar-refractivity contribution in [3.8, 4) is 0 Å². The number of fused-ring (bicyclic) bond motifs is 7.